The first-order valence-corrected chi connectivity index (χ1v) is 10.8. The zero-order valence-corrected chi connectivity index (χ0v) is 17.9. The highest BCUT2D eigenvalue weighted by Gasteiger charge is 2.22. The zero-order valence-electron chi connectivity index (χ0n) is 17.9. The molecule has 0 radical (unpaired) electrons. The Bertz CT molecular complexity index is 1460. The highest BCUT2D eigenvalue weighted by molar-refractivity contribution is 6.09. The molecule has 5 aromatic rings. The van der Waals surface area contributed by atoms with Crippen molar-refractivity contribution >= 4 is 17.1 Å². The van der Waals surface area contributed by atoms with Gasteiger partial charge in [0, 0.05) is 29.2 Å². The van der Waals surface area contributed by atoms with Gasteiger partial charge in [0.1, 0.15) is 0 Å². The smallest absolute Gasteiger partial charge is 0.259 e. The first-order valence-electron chi connectivity index (χ1n) is 10.8. The van der Waals surface area contributed by atoms with Crippen molar-refractivity contribution in [3.05, 3.63) is 66.2 Å². The van der Waals surface area contributed by atoms with E-state index in [1.807, 2.05) is 49.6 Å². The van der Waals surface area contributed by atoms with E-state index in [1.165, 1.54) is 6.42 Å². The van der Waals surface area contributed by atoms with Gasteiger partial charge in [-0.25, -0.2) is 4.52 Å². The molecular formula is C23H21N9O. The average molecular weight is 439 g/mol. The lowest BCUT2D eigenvalue weighted by Gasteiger charge is -2.23. The molecule has 164 valence electrons. The third kappa shape index (κ3) is 3.45. The van der Waals surface area contributed by atoms with Crippen molar-refractivity contribution in [3.63, 3.8) is 0 Å². The number of rotatable bonds is 5. The molecule has 0 bridgehead atoms. The van der Waals surface area contributed by atoms with E-state index in [0.717, 1.165) is 35.1 Å². The maximum Gasteiger partial charge on any atom is 0.259 e. The molecule has 0 unspecified atom stereocenters. The van der Waals surface area contributed by atoms with Crippen LogP contribution in [0.3, 0.4) is 0 Å². The van der Waals surface area contributed by atoms with Crippen molar-refractivity contribution in [2.75, 3.05) is 5.32 Å². The third-order valence-electron chi connectivity index (χ3n) is 6.17. The van der Waals surface area contributed by atoms with Crippen LogP contribution in [0.2, 0.25) is 0 Å². The number of fused-ring (bicyclic) bond motifs is 1. The van der Waals surface area contributed by atoms with Gasteiger partial charge in [-0.1, -0.05) is 12.1 Å². The van der Waals surface area contributed by atoms with Gasteiger partial charge in [-0.05, 0) is 60.7 Å². The van der Waals surface area contributed by atoms with Crippen molar-refractivity contribution in [1.82, 2.24) is 40.0 Å². The molecule has 1 fully saturated rings. The summed E-state index contributed by atoms with van der Waals surface area (Å²) in [4.78, 5) is 14.9. The molecule has 33 heavy (non-hydrogen) atoms. The normalized spacial score (nSPS) is 13.8. The van der Waals surface area contributed by atoms with E-state index in [1.54, 1.807) is 21.7 Å². The largest absolute Gasteiger partial charge is 0.322 e. The first-order chi connectivity index (χ1) is 16.2. The minimum absolute atomic E-state index is 0.235. The standard InChI is InChI=1S/C23H21N9O/c1-14-5-6-16(22-28-30-32(29-22)18-3-2-4-18)9-20(14)27-23(33)19-13-26-31-8-7-15(10-21(19)31)17-11-24-25-12-17/h5-13,18H,2-4H2,1H3,(H,24,25)(H,27,33). The van der Waals surface area contributed by atoms with Crippen LogP contribution in [0, 0.1) is 6.92 Å². The molecule has 0 atom stereocenters. The summed E-state index contributed by atoms with van der Waals surface area (Å²) in [5, 5.41) is 27.1. The summed E-state index contributed by atoms with van der Waals surface area (Å²) in [5.74, 6) is 0.318. The number of pyridine rings is 1. The number of nitrogens with zero attached hydrogens (tertiary/aromatic N) is 7. The number of amides is 1. The molecule has 10 nitrogen and oxygen atoms in total. The van der Waals surface area contributed by atoms with Gasteiger partial charge in [-0.2, -0.15) is 15.0 Å². The Morgan fingerprint density at radius 1 is 1.12 bits per heavy atom. The fourth-order valence-corrected chi connectivity index (χ4v) is 3.94. The van der Waals surface area contributed by atoms with Crippen LogP contribution >= 0.6 is 0 Å². The van der Waals surface area contributed by atoms with Crippen LogP contribution in [-0.4, -0.2) is 45.9 Å². The topological polar surface area (TPSA) is 119 Å². The number of aryl methyl sites for hydroxylation is 1. The molecule has 1 amide bonds. The number of carbonyl (C=O) groups excluding carboxylic acids is 1. The molecule has 1 saturated carbocycles. The highest BCUT2D eigenvalue weighted by Crippen LogP contribution is 2.31. The molecule has 2 N–H and O–H groups in total. The Balaban J connectivity index is 1.29. The SMILES string of the molecule is Cc1ccc(-c2nnn(C3CCC3)n2)cc1NC(=O)c1cnn2ccc(-c3cn[nH]c3)cc12. The number of benzene rings is 1. The summed E-state index contributed by atoms with van der Waals surface area (Å²) in [7, 11) is 0. The number of aromatic nitrogens is 8. The lowest BCUT2D eigenvalue weighted by atomic mass is 9.94. The van der Waals surface area contributed by atoms with Gasteiger partial charge in [0.25, 0.3) is 5.91 Å². The van der Waals surface area contributed by atoms with Gasteiger partial charge in [-0.3, -0.25) is 9.89 Å². The number of carbonyl (C=O) groups is 1. The number of hydrogen-bond acceptors (Lipinski definition) is 6. The second-order valence-electron chi connectivity index (χ2n) is 8.29. The fraction of sp³-hybridized carbons (Fsp3) is 0.217. The van der Waals surface area contributed by atoms with Crippen LogP contribution < -0.4 is 5.32 Å². The summed E-state index contributed by atoms with van der Waals surface area (Å²) in [6.45, 7) is 1.95. The third-order valence-corrected chi connectivity index (χ3v) is 6.17. The lowest BCUT2D eigenvalue weighted by molar-refractivity contribution is 0.102. The van der Waals surface area contributed by atoms with Gasteiger partial charge in [-0.15, -0.1) is 10.2 Å². The van der Waals surface area contributed by atoms with Crippen LogP contribution in [0.1, 0.15) is 41.2 Å². The monoisotopic (exact) mass is 439 g/mol. The minimum atomic E-state index is -0.235. The summed E-state index contributed by atoms with van der Waals surface area (Å²) in [5.41, 5.74) is 5.53. The van der Waals surface area contributed by atoms with Crippen molar-refractivity contribution < 1.29 is 4.79 Å². The molecule has 4 heterocycles. The van der Waals surface area contributed by atoms with Gasteiger partial charge >= 0.3 is 0 Å². The van der Waals surface area contributed by atoms with Crippen LogP contribution in [0.5, 0.6) is 0 Å². The van der Waals surface area contributed by atoms with E-state index in [-0.39, 0.29) is 5.91 Å². The Morgan fingerprint density at radius 3 is 2.82 bits per heavy atom. The first kappa shape index (κ1) is 19.4. The molecule has 1 aliphatic carbocycles. The number of aromatic amines is 1. The second-order valence-corrected chi connectivity index (χ2v) is 8.29. The maximum atomic E-state index is 13.2. The molecule has 10 heteroatoms. The van der Waals surface area contributed by atoms with Crippen molar-refractivity contribution in [1.29, 1.82) is 0 Å². The molecule has 4 aromatic heterocycles. The number of H-pyrrole nitrogens is 1. The number of hydrogen-bond donors (Lipinski definition) is 2. The summed E-state index contributed by atoms with van der Waals surface area (Å²) >= 11 is 0. The average Bonchev–Trinajstić information content (AvgIpc) is 3.54. The van der Waals surface area contributed by atoms with Gasteiger partial charge in [0.2, 0.25) is 5.82 Å². The highest BCUT2D eigenvalue weighted by atomic mass is 16.1. The molecule has 1 aliphatic rings. The van der Waals surface area contributed by atoms with Crippen molar-refractivity contribution in [2.24, 2.45) is 0 Å². The molecular weight excluding hydrogens is 418 g/mol. The lowest BCUT2D eigenvalue weighted by Crippen LogP contribution is -2.19. The Kier molecular flexibility index (Phi) is 4.49. The molecule has 0 aliphatic heterocycles. The Morgan fingerprint density at radius 2 is 2.03 bits per heavy atom. The molecule has 6 rings (SSSR count). The van der Waals surface area contributed by atoms with Crippen LogP contribution in [-0.2, 0) is 0 Å². The number of anilines is 1. The van der Waals surface area contributed by atoms with E-state index >= 15 is 0 Å². The quantitative estimate of drug-likeness (QED) is 0.431. The van der Waals surface area contributed by atoms with Crippen LogP contribution in [0.15, 0.2) is 55.1 Å². The zero-order chi connectivity index (χ0) is 22.4. The van der Waals surface area contributed by atoms with E-state index in [9.17, 15) is 4.79 Å². The summed E-state index contributed by atoms with van der Waals surface area (Å²) < 4.78 is 1.68. The van der Waals surface area contributed by atoms with E-state index in [0.29, 0.717) is 28.6 Å². The van der Waals surface area contributed by atoms with Gasteiger partial charge < -0.3 is 5.32 Å². The minimum Gasteiger partial charge on any atom is -0.322 e. The van der Waals surface area contributed by atoms with Crippen molar-refractivity contribution in [3.8, 4) is 22.5 Å². The van der Waals surface area contributed by atoms with Crippen LogP contribution in [0.4, 0.5) is 5.69 Å². The molecule has 0 saturated heterocycles. The van der Waals surface area contributed by atoms with Gasteiger partial charge in [0.15, 0.2) is 0 Å². The van der Waals surface area contributed by atoms with E-state index in [2.05, 4.69) is 36.0 Å². The number of tetrazole rings is 1. The molecule has 1 aromatic carbocycles. The summed E-state index contributed by atoms with van der Waals surface area (Å²) in [6, 6.07) is 9.99. The Labute approximate surface area is 188 Å². The Hall–Kier alpha value is -4.34. The fourth-order valence-electron chi connectivity index (χ4n) is 3.94. The van der Waals surface area contributed by atoms with Gasteiger partial charge in [0.05, 0.1) is 29.5 Å². The van der Waals surface area contributed by atoms with Crippen molar-refractivity contribution in [2.45, 2.75) is 32.2 Å². The summed E-state index contributed by atoms with van der Waals surface area (Å²) in [6.07, 6.45) is 10.3. The molecule has 0 spiro atoms. The van der Waals surface area contributed by atoms with E-state index in [4.69, 9.17) is 0 Å². The van der Waals surface area contributed by atoms with Crippen LogP contribution in [0.25, 0.3) is 28.0 Å². The predicted molar refractivity (Wildman–Crippen MR) is 122 cm³/mol. The predicted octanol–water partition coefficient (Wildman–Crippen LogP) is 3.66. The maximum absolute atomic E-state index is 13.2. The number of nitrogens with one attached hydrogen (secondary N) is 2. The second kappa shape index (κ2) is 7.66. The van der Waals surface area contributed by atoms with E-state index < -0.39 is 0 Å².